The number of aromatic nitrogens is 1. The number of furan rings is 1. The van der Waals surface area contributed by atoms with Crippen LogP contribution in [-0.4, -0.2) is 4.57 Å². The molecule has 3 nitrogen and oxygen atoms in total. The zero-order valence-corrected chi connectivity index (χ0v) is 24.5. The Kier molecular flexibility index (Phi) is 5.82. The van der Waals surface area contributed by atoms with Crippen LogP contribution < -0.4 is 4.90 Å². The zero-order valence-electron chi connectivity index (χ0n) is 24.5. The lowest BCUT2D eigenvalue weighted by molar-refractivity contribution is 0.669. The molecule has 0 amide bonds. The summed E-state index contributed by atoms with van der Waals surface area (Å²) < 4.78 is 8.70. The first-order valence-corrected chi connectivity index (χ1v) is 15.3. The Hall–Kier alpha value is -6.06. The van der Waals surface area contributed by atoms with Gasteiger partial charge in [-0.25, -0.2) is 0 Å². The molecule has 0 unspecified atom stereocenters. The van der Waals surface area contributed by atoms with E-state index in [1.54, 1.807) is 0 Å². The fourth-order valence-electron chi connectivity index (χ4n) is 6.69. The molecule has 3 heteroatoms. The van der Waals surface area contributed by atoms with Gasteiger partial charge < -0.3 is 13.9 Å². The summed E-state index contributed by atoms with van der Waals surface area (Å²) in [6, 6.07) is 60.2. The fraction of sp³-hybridized carbons (Fsp3) is 0. The molecule has 0 aliphatic heterocycles. The van der Waals surface area contributed by atoms with Crippen LogP contribution in [0.5, 0.6) is 0 Å². The Labute approximate surface area is 260 Å². The summed E-state index contributed by atoms with van der Waals surface area (Å²) in [4.78, 5) is 2.33. The van der Waals surface area contributed by atoms with Crippen molar-refractivity contribution in [1.29, 1.82) is 0 Å². The molecule has 45 heavy (non-hydrogen) atoms. The van der Waals surface area contributed by atoms with Gasteiger partial charge >= 0.3 is 0 Å². The quantitative estimate of drug-likeness (QED) is 0.203. The average molecular weight is 577 g/mol. The van der Waals surface area contributed by atoms with E-state index in [4.69, 9.17) is 4.42 Å². The van der Waals surface area contributed by atoms with Crippen molar-refractivity contribution >= 4 is 60.8 Å². The van der Waals surface area contributed by atoms with Crippen molar-refractivity contribution < 1.29 is 4.42 Å². The first-order chi connectivity index (χ1) is 22.3. The molecule has 9 rings (SSSR count). The highest BCUT2D eigenvalue weighted by molar-refractivity contribution is 6.11. The highest BCUT2D eigenvalue weighted by Gasteiger charge is 2.19. The molecule has 0 atom stereocenters. The van der Waals surface area contributed by atoms with Gasteiger partial charge in [-0.1, -0.05) is 97.1 Å². The lowest BCUT2D eigenvalue weighted by Crippen LogP contribution is -2.09. The molecule has 2 heterocycles. The topological polar surface area (TPSA) is 21.3 Å². The largest absolute Gasteiger partial charge is 0.456 e. The molecule has 7 aromatic carbocycles. The zero-order chi connectivity index (χ0) is 29.7. The summed E-state index contributed by atoms with van der Waals surface area (Å²) >= 11 is 0. The van der Waals surface area contributed by atoms with Crippen molar-refractivity contribution in [2.24, 2.45) is 0 Å². The first kappa shape index (κ1) is 25.4. The average Bonchev–Trinajstić information content (AvgIpc) is 3.65. The van der Waals surface area contributed by atoms with Gasteiger partial charge in [0.2, 0.25) is 0 Å². The normalized spacial score (nSPS) is 11.6. The minimum Gasteiger partial charge on any atom is -0.456 e. The van der Waals surface area contributed by atoms with Crippen molar-refractivity contribution in [1.82, 2.24) is 4.57 Å². The Balaban J connectivity index is 1.25. The second kappa shape index (κ2) is 10.3. The van der Waals surface area contributed by atoms with Gasteiger partial charge in [-0.3, -0.25) is 0 Å². The predicted octanol–water partition coefficient (Wildman–Crippen LogP) is 11.8. The second-order valence-electron chi connectivity index (χ2n) is 11.4. The standard InChI is InChI=1S/C42H28N2O/c1-3-11-29(12-4-1)30-19-21-32(22-20-30)43(34-23-25-37-36-16-8-10-18-41(36)45-42(37)28-34)33-24-26-40-38(27-33)35-15-7-9-17-39(35)44(40)31-13-5-2-6-14-31/h1-28H. The molecule has 0 spiro atoms. The van der Waals surface area contributed by atoms with Gasteiger partial charge in [0.15, 0.2) is 0 Å². The number of hydrogen-bond acceptors (Lipinski definition) is 2. The first-order valence-electron chi connectivity index (χ1n) is 15.3. The molecule has 9 aromatic rings. The molecule has 0 fully saturated rings. The molecule has 0 saturated heterocycles. The van der Waals surface area contributed by atoms with E-state index in [-0.39, 0.29) is 0 Å². The van der Waals surface area contributed by atoms with Crippen LogP contribution in [-0.2, 0) is 0 Å². The third kappa shape index (κ3) is 4.21. The third-order valence-corrected chi connectivity index (χ3v) is 8.78. The van der Waals surface area contributed by atoms with Gasteiger partial charge in [0.25, 0.3) is 0 Å². The van der Waals surface area contributed by atoms with Crippen LogP contribution in [0.2, 0.25) is 0 Å². The monoisotopic (exact) mass is 576 g/mol. The van der Waals surface area contributed by atoms with Crippen LogP contribution in [0.25, 0.3) is 60.6 Å². The Morgan fingerprint density at radius 1 is 0.378 bits per heavy atom. The SMILES string of the molecule is c1ccc(-c2ccc(N(c3ccc4c(c3)oc3ccccc34)c3ccc4c(c3)c3ccccc3n4-c3ccccc3)cc2)cc1. The maximum Gasteiger partial charge on any atom is 0.137 e. The smallest absolute Gasteiger partial charge is 0.137 e. The fourth-order valence-corrected chi connectivity index (χ4v) is 6.69. The van der Waals surface area contributed by atoms with Crippen molar-refractivity contribution in [2.75, 3.05) is 4.90 Å². The van der Waals surface area contributed by atoms with Crippen LogP contribution in [0.4, 0.5) is 17.1 Å². The lowest BCUT2D eigenvalue weighted by Gasteiger charge is -2.26. The molecular formula is C42H28N2O. The number of fused-ring (bicyclic) bond motifs is 6. The number of anilines is 3. The molecule has 0 aliphatic carbocycles. The van der Waals surface area contributed by atoms with Crippen molar-refractivity contribution in [3.05, 3.63) is 170 Å². The van der Waals surface area contributed by atoms with E-state index in [2.05, 4.69) is 167 Å². The van der Waals surface area contributed by atoms with E-state index in [9.17, 15) is 0 Å². The van der Waals surface area contributed by atoms with Crippen molar-refractivity contribution in [2.45, 2.75) is 0 Å². The van der Waals surface area contributed by atoms with E-state index in [1.165, 1.54) is 32.9 Å². The van der Waals surface area contributed by atoms with Crippen LogP contribution >= 0.6 is 0 Å². The third-order valence-electron chi connectivity index (χ3n) is 8.78. The van der Waals surface area contributed by atoms with Gasteiger partial charge in [0.05, 0.1) is 11.0 Å². The van der Waals surface area contributed by atoms with E-state index in [0.29, 0.717) is 0 Å². The molecule has 0 bridgehead atoms. The number of rotatable bonds is 5. The van der Waals surface area contributed by atoms with Crippen molar-refractivity contribution in [3.8, 4) is 16.8 Å². The molecule has 0 aliphatic rings. The lowest BCUT2D eigenvalue weighted by atomic mass is 10.0. The summed E-state index contributed by atoms with van der Waals surface area (Å²) in [7, 11) is 0. The van der Waals surface area contributed by atoms with Gasteiger partial charge in [-0.05, 0) is 77.9 Å². The summed E-state index contributed by atoms with van der Waals surface area (Å²) in [5.41, 5.74) is 10.9. The minimum absolute atomic E-state index is 0.876. The highest BCUT2D eigenvalue weighted by Crippen LogP contribution is 2.42. The number of hydrogen-bond donors (Lipinski definition) is 0. The molecule has 0 saturated carbocycles. The molecule has 0 radical (unpaired) electrons. The van der Waals surface area contributed by atoms with Crippen molar-refractivity contribution in [3.63, 3.8) is 0 Å². The second-order valence-corrected chi connectivity index (χ2v) is 11.4. The van der Waals surface area contributed by atoms with Crippen LogP contribution in [0.1, 0.15) is 0 Å². The summed E-state index contributed by atoms with van der Waals surface area (Å²) in [5, 5.41) is 4.69. The van der Waals surface area contributed by atoms with Gasteiger partial charge in [-0.2, -0.15) is 0 Å². The van der Waals surface area contributed by atoms with Crippen LogP contribution in [0.15, 0.2) is 174 Å². The Bertz CT molecular complexity index is 2470. The van der Waals surface area contributed by atoms with Crippen LogP contribution in [0.3, 0.4) is 0 Å². The molecular weight excluding hydrogens is 548 g/mol. The van der Waals surface area contributed by atoms with Gasteiger partial charge in [-0.15, -0.1) is 0 Å². The Morgan fingerprint density at radius 3 is 1.78 bits per heavy atom. The summed E-state index contributed by atoms with van der Waals surface area (Å²) in [6.45, 7) is 0. The van der Waals surface area contributed by atoms with E-state index in [0.717, 1.165) is 44.7 Å². The van der Waals surface area contributed by atoms with E-state index in [1.807, 2.05) is 12.1 Å². The summed E-state index contributed by atoms with van der Waals surface area (Å²) in [5.74, 6) is 0. The molecule has 0 N–H and O–H groups in total. The van der Waals surface area contributed by atoms with Gasteiger partial charge in [0, 0.05) is 50.4 Å². The number of nitrogens with zero attached hydrogens (tertiary/aromatic N) is 2. The maximum atomic E-state index is 6.34. The Morgan fingerprint density at radius 2 is 0.956 bits per heavy atom. The van der Waals surface area contributed by atoms with Gasteiger partial charge in [0.1, 0.15) is 11.2 Å². The minimum atomic E-state index is 0.876. The predicted molar refractivity (Wildman–Crippen MR) is 188 cm³/mol. The highest BCUT2D eigenvalue weighted by atomic mass is 16.3. The summed E-state index contributed by atoms with van der Waals surface area (Å²) in [6.07, 6.45) is 0. The van der Waals surface area contributed by atoms with Crippen LogP contribution in [0, 0.1) is 0 Å². The maximum absolute atomic E-state index is 6.34. The van der Waals surface area contributed by atoms with E-state index < -0.39 is 0 Å². The number of benzene rings is 7. The number of para-hydroxylation sites is 3. The molecule has 212 valence electrons. The molecule has 2 aromatic heterocycles. The van der Waals surface area contributed by atoms with E-state index >= 15 is 0 Å².